The molecule has 0 aliphatic heterocycles. The van der Waals surface area contributed by atoms with Crippen LogP contribution in [0, 0.1) is 0 Å². The van der Waals surface area contributed by atoms with Gasteiger partial charge in [-0.2, -0.15) is 0 Å². The Kier molecular flexibility index (Phi) is 7.35. The van der Waals surface area contributed by atoms with Crippen LogP contribution in [0.1, 0.15) is 47.0 Å². The lowest BCUT2D eigenvalue weighted by atomic mass is 10.2. The molecule has 0 fully saturated rings. The fourth-order valence-electron chi connectivity index (χ4n) is 1.19. The van der Waals surface area contributed by atoms with Crippen LogP contribution in [0.5, 0.6) is 0 Å². The number of aliphatic hydroxyl groups excluding tert-OH is 1. The number of hydrogen-bond acceptors (Lipinski definition) is 5. The van der Waals surface area contributed by atoms with Crippen LogP contribution < -0.4 is 5.32 Å². The highest BCUT2D eigenvalue weighted by Gasteiger charge is 2.18. The van der Waals surface area contributed by atoms with Crippen molar-refractivity contribution in [2.24, 2.45) is 0 Å². The number of esters is 1. The zero-order chi connectivity index (χ0) is 14.2. The first-order valence-electron chi connectivity index (χ1n) is 6.08. The molecule has 106 valence electrons. The van der Waals surface area contributed by atoms with Gasteiger partial charge in [0.1, 0.15) is 11.8 Å². The van der Waals surface area contributed by atoms with Crippen LogP contribution in [0.25, 0.3) is 0 Å². The topological polar surface area (TPSA) is 84.9 Å². The molecule has 0 aromatic carbocycles. The first-order chi connectivity index (χ1) is 8.24. The van der Waals surface area contributed by atoms with Crippen molar-refractivity contribution in [3.05, 3.63) is 0 Å². The van der Waals surface area contributed by atoms with Crippen molar-refractivity contribution in [3.8, 4) is 0 Å². The lowest BCUT2D eigenvalue weighted by Crippen LogP contribution is -2.39. The van der Waals surface area contributed by atoms with E-state index < -0.39 is 17.9 Å². The van der Waals surface area contributed by atoms with Crippen LogP contribution in [0.3, 0.4) is 0 Å². The van der Waals surface area contributed by atoms with E-state index in [2.05, 4.69) is 5.32 Å². The Balaban J connectivity index is 3.74. The predicted molar refractivity (Wildman–Crippen MR) is 65.9 cm³/mol. The number of alkyl carbamates (subject to hydrolysis) is 1. The van der Waals surface area contributed by atoms with Gasteiger partial charge < -0.3 is 14.6 Å². The minimum absolute atomic E-state index is 0.223. The number of carbonyl (C=O) groups is 2. The number of aliphatic hydroxyl groups is 1. The number of ether oxygens (including phenoxy) is 2. The van der Waals surface area contributed by atoms with Crippen LogP contribution >= 0.6 is 0 Å². The average molecular weight is 261 g/mol. The molecule has 0 bridgehead atoms. The van der Waals surface area contributed by atoms with Gasteiger partial charge in [0.05, 0.1) is 6.61 Å². The molecule has 0 spiro atoms. The summed E-state index contributed by atoms with van der Waals surface area (Å²) in [5.41, 5.74) is -0.602. The molecule has 0 aliphatic rings. The van der Waals surface area contributed by atoms with Crippen LogP contribution in [-0.2, 0) is 14.3 Å². The van der Waals surface area contributed by atoms with Crippen molar-refractivity contribution in [1.82, 2.24) is 5.32 Å². The molecular weight excluding hydrogens is 238 g/mol. The van der Waals surface area contributed by atoms with Crippen LogP contribution in [0.2, 0.25) is 0 Å². The maximum absolute atomic E-state index is 11.3. The lowest BCUT2D eigenvalue weighted by molar-refractivity contribution is -0.143. The molecule has 6 nitrogen and oxygen atoms in total. The largest absolute Gasteiger partial charge is 0.466 e. The molecule has 1 unspecified atom stereocenters. The Morgan fingerprint density at radius 2 is 1.94 bits per heavy atom. The molecule has 1 amide bonds. The Morgan fingerprint density at radius 1 is 1.33 bits per heavy atom. The molecule has 18 heavy (non-hydrogen) atoms. The minimum Gasteiger partial charge on any atom is -0.466 e. The third-order valence-electron chi connectivity index (χ3n) is 1.85. The summed E-state index contributed by atoms with van der Waals surface area (Å²) < 4.78 is 9.71. The molecule has 0 saturated heterocycles. The van der Waals surface area contributed by atoms with Gasteiger partial charge in [0.25, 0.3) is 0 Å². The maximum Gasteiger partial charge on any atom is 0.409 e. The summed E-state index contributed by atoms with van der Waals surface area (Å²) in [7, 11) is 0. The minimum atomic E-state index is -1.02. The highest BCUT2D eigenvalue weighted by molar-refractivity contribution is 5.69. The zero-order valence-electron chi connectivity index (χ0n) is 11.5. The molecule has 0 aromatic rings. The molecule has 0 radical (unpaired) electrons. The van der Waals surface area contributed by atoms with E-state index in [9.17, 15) is 14.7 Å². The summed E-state index contributed by atoms with van der Waals surface area (Å²) in [6, 6.07) is 0. The molecule has 0 aliphatic carbocycles. The van der Waals surface area contributed by atoms with Crippen molar-refractivity contribution >= 4 is 12.1 Å². The van der Waals surface area contributed by atoms with Gasteiger partial charge in [0.2, 0.25) is 0 Å². The molecule has 0 saturated carbocycles. The summed E-state index contributed by atoms with van der Waals surface area (Å²) in [5, 5.41) is 11.8. The van der Waals surface area contributed by atoms with E-state index in [-0.39, 0.29) is 18.8 Å². The van der Waals surface area contributed by atoms with Crippen LogP contribution in [-0.4, -0.2) is 35.6 Å². The number of carbonyl (C=O) groups excluding carboxylic acids is 2. The summed E-state index contributed by atoms with van der Waals surface area (Å²) in [6.07, 6.45) is -0.755. The summed E-state index contributed by atoms with van der Waals surface area (Å²) in [6.45, 7) is 7.29. The SMILES string of the molecule is CCOC(=O)CCCC(O)NC(=O)OC(C)(C)C. The summed E-state index contributed by atoms with van der Waals surface area (Å²) in [4.78, 5) is 22.3. The fraction of sp³-hybridized carbons (Fsp3) is 0.833. The van der Waals surface area contributed by atoms with E-state index in [1.54, 1.807) is 27.7 Å². The standard InChI is InChI=1S/C12H23NO5/c1-5-17-10(15)8-6-7-9(14)13-11(16)18-12(2,3)4/h9,14H,5-8H2,1-4H3,(H,13,16). The second-order valence-corrected chi connectivity index (χ2v) is 4.86. The number of nitrogens with one attached hydrogen (secondary N) is 1. The second kappa shape index (κ2) is 7.92. The summed E-state index contributed by atoms with van der Waals surface area (Å²) >= 11 is 0. The van der Waals surface area contributed by atoms with E-state index in [0.29, 0.717) is 13.0 Å². The third-order valence-corrected chi connectivity index (χ3v) is 1.85. The molecule has 6 heteroatoms. The number of hydrogen-bond donors (Lipinski definition) is 2. The smallest absolute Gasteiger partial charge is 0.409 e. The van der Waals surface area contributed by atoms with Crippen molar-refractivity contribution in [2.45, 2.75) is 58.8 Å². The van der Waals surface area contributed by atoms with Gasteiger partial charge in [0.15, 0.2) is 0 Å². The van der Waals surface area contributed by atoms with E-state index >= 15 is 0 Å². The molecule has 0 heterocycles. The normalized spacial score (nSPS) is 12.7. The van der Waals surface area contributed by atoms with Gasteiger partial charge >= 0.3 is 12.1 Å². The van der Waals surface area contributed by atoms with Crippen molar-refractivity contribution in [1.29, 1.82) is 0 Å². The first kappa shape index (κ1) is 16.7. The highest BCUT2D eigenvalue weighted by atomic mass is 16.6. The predicted octanol–water partition coefficient (Wildman–Crippen LogP) is 1.56. The molecular formula is C12H23NO5. The second-order valence-electron chi connectivity index (χ2n) is 4.86. The molecule has 2 N–H and O–H groups in total. The van der Waals surface area contributed by atoms with Gasteiger partial charge in [-0.3, -0.25) is 10.1 Å². The monoisotopic (exact) mass is 261 g/mol. The third kappa shape index (κ3) is 9.89. The van der Waals surface area contributed by atoms with E-state index in [0.717, 1.165) is 0 Å². The number of rotatable bonds is 6. The van der Waals surface area contributed by atoms with Crippen molar-refractivity contribution in [2.75, 3.05) is 6.61 Å². The Hall–Kier alpha value is -1.30. The van der Waals surface area contributed by atoms with Crippen molar-refractivity contribution in [3.63, 3.8) is 0 Å². The summed E-state index contributed by atoms with van der Waals surface area (Å²) in [5.74, 6) is -0.304. The van der Waals surface area contributed by atoms with E-state index in [1.165, 1.54) is 0 Å². The van der Waals surface area contributed by atoms with Crippen LogP contribution in [0.4, 0.5) is 4.79 Å². The zero-order valence-corrected chi connectivity index (χ0v) is 11.5. The average Bonchev–Trinajstić information content (AvgIpc) is 2.14. The highest BCUT2D eigenvalue weighted by Crippen LogP contribution is 2.07. The lowest BCUT2D eigenvalue weighted by Gasteiger charge is -2.21. The van der Waals surface area contributed by atoms with Gasteiger partial charge in [-0.25, -0.2) is 4.79 Å². The fourth-order valence-corrected chi connectivity index (χ4v) is 1.19. The molecule has 1 atom stereocenters. The van der Waals surface area contributed by atoms with Crippen molar-refractivity contribution < 1.29 is 24.2 Å². The quantitative estimate of drug-likeness (QED) is 0.560. The maximum atomic E-state index is 11.3. The molecule has 0 rings (SSSR count). The first-order valence-corrected chi connectivity index (χ1v) is 6.08. The van der Waals surface area contributed by atoms with Gasteiger partial charge in [-0.05, 0) is 40.5 Å². The van der Waals surface area contributed by atoms with Crippen LogP contribution in [0.15, 0.2) is 0 Å². The Labute approximate surface area is 108 Å². The van der Waals surface area contributed by atoms with E-state index in [4.69, 9.17) is 9.47 Å². The van der Waals surface area contributed by atoms with Gasteiger partial charge in [-0.1, -0.05) is 0 Å². The number of amides is 1. The van der Waals surface area contributed by atoms with Gasteiger partial charge in [0, 0.05) is 6.42 Å². The van der Waals surface area contributed by atoms with E-state index in [1.807, 2.05) is 0 Å². The Bertz CT molecular complexity index is 272. The Morgan fingerprint density at radius 3 is 2.44 bits per heavy atom. The molecule has 0 aromatic heterocycles. The van der Waals surface area contributed by atoms with Gasteiger partial charge in [-0.15, -0.1) is 0 Å².